The van der Waals surface area contributed by atoms with Gasteiger partial charge in [0.25, 0.3) is 11.7 Å². The lowest BCUT2D eigenvalue weighted by Gasteiger charge is -2.38. The maximum Gasteiger partial charge on any atom is 0.354 e. The molecule has 5 atom stereocenters. The fourth-order valence-corrected chi connectivity index (χ4v) is 5.10. The van der Waals surface area contributed by atoms with Crippen LogP contribution in [0.2, 0.25) is 0 Å². The molecule has 154 valence electrons. The number of carboxylic acids is 1. The number of hydrogen-bond acceptors (Lipinski definition) is 7. The summed E-state index contributed by atoms with van der Waals surface area (Å²) in [4.78, 5) is 40.2. The van der Waals surface area contributed by atoms with Gasteiger partial charge in [0.1, 0.15) is 12.0 Å². The van der Waals surface area contributed by atoms with E-state index in [9.17, 15) is 19.5 Å². The van der Waals surface area contributed by atoms with Crippen LogP contribution in [0.25, 0.3) is 5.78 Å². The smallest absolute Gasteiger partial charge is 0.354 e. The van der Waals surface area contributed by atoms with E-state index in [0.717, 1.165) is 25.7 Å². The lowest BCUT2D eigenvalue weighted by Crippen LogP contribution is -2.44. The van der Waals surface area contributed by atoms with Crippen LogP contribution in [0.3, 0.4) is 0 Å². The average molecular weight is 401 g/mol. The van der Waals surface area contributed by atoms with Crippen molar-refractivity contribution in [3.05, 3.63) is 23.8 Å². The van der Waals surface area contributed by atoms with Gasteiger partial charge >= 0.3 is 11.9 Å². The van der Waals surface area contributed by atoms with Gasteiger partial charge in [0, 0.05) is 12.1 Å². The molecule has 2 heterocycles. The van der Waals surface area contributed by atoms with Gasteiger partial charge in [0.2, 0.25) is 0 Å². The number of ether oxygens (including phenoxy) is 1. The Balaban J connectivity index is 1.53. The zero-order chi connectivity index (χ0) is 20.7. The van der Waals surface area contributed by atoms with Crippen molar-refractivity contribution in [1.82, 2.24) is 24.9 Å². The molecule has 1 amide bonds. The molecular formula is C19H23N5O5. The summed E-state index contributed by atoms with van der Waals surface area (Å²) in [5.74, 6) is -0.971. The number of esters is 1. The first-order valence-corrected chi connectivity index (χ1v) is 9.73. The minimum atomic E-state index is -1.24. The number of nitrogens with zero attached hydrogens (tertiary/aromatic N) is 4. The Labute approximate surface area is 166 Å². The number of carbonyl (C=O) groups is 3. The summed E-state index contributed by atoms with van der Waals surface area (Å²) in [5.41, 5.74) is -0.121. The van der Waals surface area contributed by atoms with Crippen LogP contribution in [-0.4, -0.2) is 55.7 Å². The predicted octanol–water partition coefficient (Wildman–Crippen LogP) is 1.17. The number of methoxy groups -OCH3 is 1. The summed E-state index contributed by atoms with van der Waals surface area (Å²) in [7, 11) is 1.42. The minimum Gasteiger partial charge on any atom is -0.477 e. The number of amides is 1. The summed E-state index contributed by atoms with van der Waals surface area (Å²) < 4.78 is 6.32. The third-order valence-corrected chi connectivity index (χ3v) is 6.55. The molecule has 0 saturated heterocycles. The second kappa shape index (κ2) is 7.41. The number of rotatable bonds is 4. The van der Waals surface area contributed by atoms with Crippen LogP contribution in [0.15, 0.2) is 12.4 Å². The molecule has 2 aromatic heterocycles. The number of hydrogen-bond donors (Lipinski definition) is 2. The van der Waals surface area contributed by atoms with Gasteiger partial charge in [-0.15, -0.1) is 10.2 Å². The van der Waals surface area contributed by atoms with E-state index < -0.39 is 5.97 Å². The Kier molecular flexibility index (Phi) is 4.93. The highest BCUT2D eigenvalue weighted by Gasteiger charge is 2.47. The average Bonchev–Trinajstić information content (AvgIpc) is 3.34. The molecule has 3 unspecified atom stereocenters. The molecule has 2 aliphatic carbocycles. The molecule has 0 radical (unpaired) electrons. The zero-order valence-corrected chi connectivity index (χ0v) is 16.2. The molecule has 0 aromatic carbocycles. The van der Waals surface area contributed by atoms with Crippen molar-refractivity contribution in [3.8, 4) is 0 Å². The first-order chi connectivity index (χ1) is 13.9. The Morgan fingerprint density at radius 3 is 2.69 bits per heavy atom. The van der Waals surface area contributed by atoms with E-state index in [1.165, 1.54) is 23.9 Å². The Hall–Kier alpha value is -3.04. The van der Waals surface area contributed by atoms with Crippen LogP contribution in [0.4, 0.5) is 0 Å². The Morgan fingerprint density at radius 2 is 1.97 bits per heavy atom. The molecule has 10 heteroatoms. The highest BCUT2D eigenvalue weighted by molar-refractivity contribution is 5.96. The van der Waals surface area contributed by atoms with Crippen LogP contribution in [0.1, 0.15) is 53.6 Å². The molecular weight excluding hydrogens is 378 g/mol. The molecule has 2 N–H and O–H groups in total. The third kappa shape index (κ3) is 3.32. The zero-order valence-electron chi connectivity index (χ0n) is 16.2. The number of fused-ring (bicyclic) bond motifs is 2. The van der Waals surface area contributed by atoms with Crippen molar-refractivity contribution in [2.45, 2.75) is 38.6 Å². The van der Waals surface area contributed by atoms with Crippen molar-refractivity contribution in [2.75, 3.05) is 7.11 Å². The van der Waals surface area contributed by atoms with Crippen molar-refractivity contribution < 1.29 is 24.2 Å². The normalized spacial score (nSPS) is 28.7. The quantitative estimate of drug-likeness (QED) is 0.729. The number of nitrogens with one attached hydrogen (secondary N) is 1. The van der Waals surface area contributed by atoms with Gasteiger partial charge in [0.15, 0.2) is 5.69 Å². The first-order valence-electron chi connectivity index (χ1n) is 9.73. The highest BCUT2D eigenvalue weighted by atomic mass is 16.5. The number of carbonyl (C=O) groups excluding carboxylic acids is 2. The molecule has 29 heavy (non-hydrogen) atoms. The van der Waals surface area contributed by atoms with Crippen LogP contribution in [-0.2, 0) is 9.53 Å². The molecule has 10 nitrogen and oxygen atoms in total. The summed E-state index contributed by atoms with van der Waals surface area (Å²) in [6.07, 6.45) is 4.68. The van der Waals surface area contributed by atoms with E-state index in [0.29, 0.717) is 5.92 Å². The van der Waals surface area contributed by atoms with Crippen molar-refractivity contribution in [1.29, 1.82) is 0 Å². The number of aromatic carboxylic acids is 1. The van der Waals surface area contributed by atoms with Crippen LogP contribution in [0, 0.1) is 23.7 Å². The largest absolute Gasteiger partial charge is 0.477 e. The Morgan fingerprint density at radius 1 is 1.21 bits per heavy atom. The fraction of sp³-hybridized carbons (Fsp3) is 0.579. The van der Waals surface area contributed by atoms with E-state index >= 15 is 0 Å². The number of aromatic nitrogens is 4. The predicted molar refractivity (Wildman–Crippen MR) is 99.1 cm³/mol. The topological polar surface area (TPSA) is 136 Å². The lowest BCUT2D eigenvalue weighted by molar-refractivity contribution is -0.150. The summed E-state index contributed by atoms with van der Waals surface area (Å²) in [6, 6.07) is 1.21. The number of carboxylic acid groups (broad SMARTS) is 1. The maximum absolute atomic E-state index is 13.0. The molecule has 0 spiro atoms. The van der Waals surface area contributed by atoms with Gasteiger partial charge in [-0.3, -0.25) is 14.0 Å². The molecule has 0 aliphatic heterocycles. The van der Waals surface area contributed by atoms with E-state index in [2.05, 4.69) is 27.4 Å². The third-order valence-electron chi connectivity index (χ3n) is 6.55. The molecule has 2 fully saturated rings. The van der Waals surface area contributed by atoms with E-state index in [4.69, 9.17) is 4.74 Å². The second-order valence-corrected chi connectivity index (χ2v) is 7.88. The summed E-state index contributed by atoms with van der Waals surface area (Å²) in [5, 5.41) is 19.8. The summed E-state index contributed by atoms with van der Waals surface area (Å²) in [6.45, 7) is 2.09. The molecule has 4 rings (SSSR count). The minimum absolute atomic E-state index is 0.0264. The Bertz CT molecular complexity index is 973. The maximum atomic E-state index is 13.0. The van der Waals surface area contributed by atoms with Gasteiger partial charge in [-0.1, -0.05) is 6.92 Å². The monoisotopic (exact) mass is 401 g/mol. The van der Waals surface area contributed by atoms with Crippen LogP contribution < -0.4 is 5.32 Å². The van der Waals surface area contributed by atoms with Gasteiger partial charge in [-0.05, 0) is 43.4 Å². The van der Waals surface area contributed by atoms with Crippen LogP contribution >= 0.6 is 0 Å². The molecule has 0 bridgehead atoms. The fourth-order valence-electron chi connectivity index (χ4n) is 5.10. The van der Waals surface area contributed by atoms with E-state index in [1.54, 1.807) is 0 Å². The lowest BCUT2D eigenvalue weighted by atomic mass is 9.68. The SMILES string of the molecule is COC(=O)C1CCC2[C@@H](CC[C@@H]2NC(=O)c2cc(C(=O)O)nc3nncn23)C1C. The van der Waals surface area contributed by atoms with E-state index in [1.807, 2.05) is 0 Å². The van der Waals surface area contributed by atoms with Gasteiger partial charge in [-0.2, -0.15) is 0 Å². The van der Waals surface area contributed by atoms with Crippen molar-refractivity contribution in [2.24, 2.45) is 23.7 Å². The molecule has 2 aromatic rings. The van der Waals surface area contributed by atoms with E-state index in [-0.39, 0.29) is 52.8 Å². The van der Waals surface area contributed by atoms with Crippen LogP contribution in [0.5, 0.6) is 0 Å². The summed E-state index contributed by atoms with van der Waals surface area (Å²) >= 11 is 0. The standard InChI is InChI=1S/C19H23N5O5/c1-9-10-5-6-13(12(10)4-3-11(9)18(28)29-2)21-16(25)15-7-14(17(26)27)22-19-23-20-8-24(15)19/h7-13H,3-6H2,1-2H3,(H,21,25)(H,26,27)/t9?,10-,11?,12?,13-/m0/s1. The highest BCUT2D eigenvalue weighted by Crippen LogP contribution is 2.48. The van der Waals surface area contributed by atoms with Crippen molar-refractivity contribution >= 4 is 23.6 Å². The molecule has 2 aliphatic rings. The van der Waals surface area contributed by atoms with Gasteiger partial charge < -0.3 is 15.2 Å². The van der Waals surface area contributed by atoms with Gasteiger partial charge in [0.05, 0.1) is 13.0 Å². The molecule has 2 saturated carbocycles. The second-order valence-electron chi connectivity index (χ2n) is 7.88. The van der Waals surface area contributed by atoms with Crippen molar-refractivity contribution in [3.63, 3.8) is 0 Å². The van der Waals surface area contributed by atoms with Gasteiger partial charge in [-0.25, -0.2) is 9.78 Å². The first kappa shape index (κ1) is 19.3.